The first-order chi connectivity index (χ1) is 13.9. The van der Waals surface area contributed by atoms with Gasteiger partial charge in [-0.25, -0.2) is 4.79 Å². The van der Waals surface area contributed by atoms with Crippen molar-refractivity contribution in [3.05, 3.63) is 75.8 Å². The molecule has 0 aliphatic rings. The highest BCUT2D eigenvalue weighted by Gasteiger charge is 2.19. The van der Waals surface area contributed by atoms with E-state index in [1.807, 2.05) is 24.3 Å². The Hall–Kier alpha value is -3.94. The number of carbonyl (C=O) groups is 2. The quantitative estimate of drug-likeness (QED) is 0.386. The molecule has 3 aromatic carbocycles. The molecule has 0 spiro atoms. The summed E-state index contributed by atoms with van der Waals surface area (Å²) in [6.07, 6.45) is 0. The number of nitrogens with one attached hydrogen (secondary N) is 1. The normalized spacial score (nSPS) is 10.4. The molecule has 8 nitrogen and oxygen atoms in total. The van der Waals surface area contributed by atoms with Gasteiger partial charge in [0.05, 0.1) is 12.0 Å². The van der Waals surface area contributed by atoms with Crippen LogP contribution >= 0.6 is 0 Å². The number of anilines is 1. The third-order valence-corrected chi connectivity index (χ3v) is 4.25. The van der Waals surface area contributed by atoms with E-state index in [4.69, 9.17) is 9.47 Å². The molecule has 0 heterocycles. The topological polar surface area (TPSA) is 108 Å². The molecule has 3 rings (SSSR count). The average molecular weight is 394 g/mol. The van der Waals surface area contributed by atoms with E-state index in [0.717, 1.165) is 10.8 Å². The first-order valence-electron chi connectivity index (χ1n) is 8.68. The molecule has 148 valence electrons. The molecule has 29 heavy (non-hydrogen) atoms. The lowest BCUT2D eigenvalue weighted by Gasteiger charge is -2.11. The highest BCUT2D eigenvalue weighted by Crippen LogP contribution is 2.27. The van der Waals surface area contributed by atoms with Crippen molar-refractivity contribution in [2.75, 3.05) is 19.0 Å². The number of benzene rings is 3. The SMILES string of the molecule is COc1cc2ccccc2cc1C(=O)OCC(=O)Nc1ccc(C)cc1[N+](=O)[O-]. The number of aryl methyl sites for hydroxylation is 1. The number of hydrogen-bond donors (Lipinski definition) is 1. The Kier molecular flexibility index (Phi) is 5.73. The molecule has 0 aliphatic carbocycles. The van der Waals surface area contributed by atoms with Crippen molar-refractivity contribution < 1.29 is 24.0 Å². The lowest BCUT2D eigenvalue weighted by atomic mass is 10.1. The lowest BCUT2D eigenvalue weighted by molar-refractivity contribution is -0.384. The Balaban J connectivity index is 1.72. The zero-order valence-electron chi connectivity index (χ0n) is 15.8. The minimum absolute atomic E-state index is 0.0323. The molecule has 0 radical (unpaired) electrons. The van der Waals surface area contributed by atoms with Crippen molar-refractivity contribution in [1.82, 2.24) is 0 Å². The number of methoxy groups -OCH3 is 1. The summed E-state index contributed by atoms with van der Waals surface area (Å²) in [5, 5.41) is 15.2. The molecule has 1 amide bonds. The van der Waals surface area contributed by atoms with Gasteiger partial charge in [-0.1, -0.05) is 30.3 Å². The third-order valence-electron chi connectivity index (χ3n) is 4.25. The fourth-order valence-corrected chi connectivity index (χ4v) is 2.84. The summed E-state index contributed by atoms with van der Waals surface area (Å²) in [4.78, 5) is 35.1. The summed E-state index contributed by atoms with van der Waals surface area (Å²) in [5.74, 6) is -1.10. The van der Waals surface area contributed by atoms with Crippen LogP contribution in [0.4, 0.5) is 11.4 Å². The Morgan fingerprint density at radius 1 is 1.07 bits per heavy atom. The van der Waals surface area contributed by atoms with Gasteiger partial charge in [0.15, 0.2) is 6.61 Å². The number of nitro groups is 1. The molecular formula is C21H18N2O6. The monoisotopic (exact) mass is 394 g/mol. The predicted octanol–water partition coefficient (Wildman–Crippen LogP) is 3.86. The van der Waals surface area contributed by atoms with E-state index in [1.165, 1.54) is 19.2 Å². The molecule has 0 unspecified atom stereocenters. The fourth-order valence-electron chi connectivity index (χ4n) is 2.84. The Labute approximate surface area is 166 Å². The number of fused-ring (bicyclic) bond motifs is 1. The van der Waals surface area contributed by atoms with Crippen molar-refractivity contribution in [3.63, 3.8) is 0 Å². The van der Waals surface area contributed by atoms with Crippen LogP contribution in [-0.4, -0.2) is 30.5 Å². The van der Waals surface area contributed by atoms with Crippen LogP contribution in [0.25, 0.3) is 10.8 Å². The number of amides is 1. The standard InChI is InChI=1S/C21H18N2O6/c1-13-7-8-17(18(9-13)23(26)27)22-20(24)12-29-21(25)16-10-14-5-3-4-6-15(14)11-19(16)28-2/h3-11H,12H2,1-2H3,(H,22,24). The maximum Gasteiger partial charge on any atom is 0.342 e. The van der Waals surface area contributed by atoms with Gasteiger partial charge in [-0.15, -0.1) is 0 Å². The molecule has 0 atom stereocenters. The fraction of sp³-hybridized carbons (Fsp3) is 0.143. The largest absolute Gasteiger partial charge is 0.496 e. The van der Waals surface area contributed by atoms with Crippen molar-refractivity contribution in [1.29, 1.82) is 0 Å². The maximum absolute atomic E-state index is 12.5. The highest BCUT2D eigenvalue weighted by atomic mass is 16.6. The second-order valence-electron chi connectivity index (χ2n) is 6.30. The van der Waals surface area contributed by atoms with Gasteiger partial charge < -0.3 is 14.8 Å². The molecule has 0 saturated heterocycles. The zero-order chi connectivity index (χ0) is 21.0. The summed E-state index contributed by atoms with van der Waals surface area (Å²) >= 11 is 0. The van der Waals surface area contributed by atoms with Gasteiger partial charge >= 0.3 is 5.97 Å². The highest BCUT2D eigenvalue weighted by molar-refractivity contribution is 6.00. The van der Waals surface area contributed by atoms with E-state index < -0.39 is 23.4 Å². The summed E-state index contributed by atoms with van der Waals surface area (Å²) in [6.45, 7) is 1.11. The van der Waals surface area contributed by atoms with Crippen molar-refractivity contribution in [2.45, 2.75) is 6.92 Å². The smallest absolute Gasteiger partial charge is 0.342 e. The maximum atomic E-state index is 12.5. The van der Waals surface area contributed by atoms with Gasteiger partial charge in [-0.05, 0) is 41.5 Å². The van der Waals surface area contributed by atoms with Crippen molar-refractivity contribution in [3.8, 4) is 5.75 Å². The Morgan fingerprint density at radius 2 is 1.76 bits per heavy atom. The lowest BCUT2D eigenvalue weighted by Crippen LogP contribution is -2.21. The van der Waals surface area contributed by atoms with Gasteiger partial charge in [0.1, 0.15) is 17.0 Å². The van der Waals surface area contributed by atoms with Gasteiger partial charge in [0.2, 0.25) is 0 Å². The molecular weight excluding hydrogens is 376 g/mol. The van der Waals surface area contributed by atoms with Crippen LogP contribution in [0.2, 0.25) is 0 Å². The number of carbonyl (C=O) groups excluding carboxylic acids is 2. The first kappa shape index (κ1) is 19.8. The first-order valence-corrected chi connectivity index (χ1v) is 8.68. The predicted molar refractivity (Wildman–Crippen MR) is 107 cm³/mol. The van der Waals surface area contributed by atoms with E-state index in [9.17, 15) is 19.7 Å². The van der Waals surface area contributed by atoms with Crippen LogP contribution in [0.15, 0.2) is 54.6 Å². The second-order valence-corrected chi connectivity index (χ2v) is 6.30. The number of ether oxygens (including phenoxy) is 2. The van der Waals surface area contributed by atoms with Crippen LogP contribution in [0.3, 0.4) is 0 Å². The molecule has 3 aromatic rings. The van der Waals surface area contributed by atoms with Crippen LogP contribution in [0, 0.1) is 17.0 Å². The Bertz CT molecular complexity index is 1110. The average Bonchev–Trinajstić information content (AvgIpc) is 2.72. The molecule has 0 fully saturated rings. The van der Waals surface area contributed by atoms with Gasteiger partial charge in [-0.3, -0.25) is 14.9 Å². The van der Waals surface area contributed by atoms with E-state index in [0.29, 0.717) is 11.3 Å². The van der Waals surface area contributed by atoms with Crippen LogP contribution in [0.1, 0.15) is 15.9 Å². The number of nitrogens with zero attached hydrogens (tertiary/aromatic N) is 1. The van der Waals surface area contributed by atoms with Crippen LogP contribution < -0.4 is 10.1 Å². The molecule has 0 saturated carbocycles. The molecule has 0 bridgehead atoms. The minimum atomic E-state index is -0.735. The van der Waals surface area contributed by atoms with Gasteiger partial charge in [0, 0.05) is 6.07 Å². The molecule has 0 aromatic heterocycles. The van der Waals surface area contributed by atoms with E-state index in [1.54, 1.807) is 25.1 Å². The van der Waals surface area contributed by atoms with E-state index >= 15 is 0 Å². The second kappa shape index (κ2) is 8.39. The minimum Gasteiger partial charge on any atom is -0.496 e. The van der Waals surface area contributed by atoms with Crippen LogP contribution in [0.5, 0.6) is 5.75 Å². The van der Waals surface area contributed by atoms with Crippen molar-refractivity contribution >= 4 is 34.0 Å². The van der Waals surface area contributed by atoms with E-state index in [-0.39, 0.29) is 16.9 Å². The summed E-state index contributed by atoms with van der Waals surface area (Å²) in [5.41, 5.74) is 0.663. The van der Waals surface area contributed by atoms with Gasteiger partial charge in [-0.2, -0.15) is 0 Å². The van der Waals surface area contributed by atoms with Gasteiger partial charge in [0.25, 0.3) is 11.6 Å². The Morgan fingerprint density at radius 3 is 2.41 bits per heavy atom. The van der Waals surface area contributed by atoms with Crippen molar-refractivity contribution in [2.24, 2.45) is 0 Å². The number of hydrogen-bond acceptors (Lipinski definition) is 6. The third kappa shape index (κ3) is 4.49. The van der Waals surface area contributed by atoms with E-state index in [2.05, 4.69) is 5.32 Å². The van der Waals surface area contributed by atoms with Crippen LogP contribution in [-0.2, 0) is 9.53 Å². The summed E-state index contributed by atoms with van der Waals surface area (Å²) < 4.78 is 10.3. The number of esters is 1. The molecule has 0 aliphatic heterocycles. The zero-order valence-corrected chi connectivity index (χ0v) is 15.8. The summed E-state index contributed by atoms with van der Waals surface area (Å²) in [7, 11) is 1.43. The molecule has 1 N–H and O–H groups in total. The number of nitro benzene ring substituents is 1. The molecule has 8 heteroatoms. The summed E-state index contributed by atoms with van der Waals surface area (Å²) in [6, 6.07) is 15.2. The number of rotatable bonds is 6.